The van der Waals surface area contributed by atoms with Crippen molar-refractivity contribution in [1.29, 1.82) is 0 Å². The molecule has 0 unspecified atom stereocenters. The standard InChI is InChI=1S/C19H17N3O/c1-14-20-17-13-22(23)18-10-6-5-9-16(18)19(17)21(14)12-11-15-7-3-2-4-8-15/h2-10,13H,11-12H2,1H3. The summed E-state index contributed by atoms with van der Waals surface area (Å²) >= 11 is 0. The van der Waals surface area contributed by atoms with Gasteiger partial charge >= 0.3 is 0 Å². The predicted molar refractivity (Wildman–Crippen MR) is 91.1 cm³/mol. The van der Waals surface area contributed by atoms with Gasteiger partial charge in [-0.2, -0.15) is 4.73 Å². The number of rotatable bonds is 3. The molecule has 4 aromatic rings. The highest BCUT2D eigenvalue weighted by Gasteiger charge is 2.16. The molecule has 0 radical (unpaired) electrons. The molecule has 0 bridgehead atoms. The van der Waals surface area contributed by atoms with Crippen molar-refractivity contribution in [3.63, 3.8) is 0 Å². The molecule has 0 aliphatic carbocycles. The smallest absolute Gasteiger partial charge is 0.226 e. The van der Waals surface area contributed by atoms with Gasteiger partial charge in [-0.15, -0.1) is 0 Å². The average Bonchev–Trinajstić information content (AvgIpc) is 2.89. The van der Waals surface area contributed by atoms with Crippen molar-refractivity contribution in [2.45, 2.75) is 19.9 Å². The van der Waals surface area contributed by atoms with Gasteiger partial charge in [-0.3, -0.25) is 0 Å². The highest BCUT2D eigenvalue weighted by atomic mass is 16.5. The van der Waals surface area contributed by atoms with Crippen molar-refractivity contribution in [2.75, 3.05) is 0 Å². The normalized spacial score (nSPS) is 11.3. The number of nitrogens with zero attached hydrogens (tertiary/aromatic N) is 3. The molecule has 2 aromatic carbocycles. The fraction of sp³-hybridized carbons (Fsp3) is 0.158. The fourth-order valence-corrected chi connectivity index (χ4v) is 3.17. The number of aromatic nitrogens is 3. The van der Waals surface area contributed by atoms with Crippen LogP contribution in [0.2, 0.25) is 0 Å². The van der Waals surface area contributed by atoms with Gasteiger partial charge in [0.2, 0.25) is 11.7 Å². The molecule has 0 spiro atoms. The van der Waals surface area contributed by atoms with E-state index in [0.29, 0.717) is 5.52 Å². The third-order valence-corrected chi connectivity index (χ3v) is 4.29. The molecule has 0 aliphatic rings. The first-order valence-corrected chi connectivity index (χ1v) is 7.76. The van der Waals surface area contributed by atoms with Gasteiger partial charge in [0, 0.05) is 12.6 Å². The maximum atomic E-state index is 12.2. The van der Waals surface area contributed by atoms with Gasteiger partial charge in [0.25, 0.3) is 0 Å². The second-order valence-corrected chi connectivity index (χ2v) is 5.75. The van der Waals surface area contributed by atoms with E-state index >= 15 is 0 Å². The van der Waals surface area contributed by atoms with Crippen LogP contribution in [0.25, 0.3) is 21.9 Å². The highest BCUT2D eigenvalue weighted by Crippen LogP contribution is 2.24. The molecule has 4 nitrogen and oxygen atoms in total. The van der Waals surface area contributed by atoms with E-state index in [1.807, 2.05) is 37.3 Å². The molecule has 2 heterocycles. The van der Waals surface area contributed by atoms with Crippen LogP contribution in [0.4, 0.5) is 0 Å². The quantitative estimate of drug-likeness (QED) is 0.430. The van der Waals surface area contributed by atoms with Crippen molar-refractivity contribution in [1.82, 2.24) is 9.55 Å². The molecule has 0 saturated carbocycles. The monoisotopic (exact) mass is 303 g/mol. The molecule has 0 saturated heterocycles. The van der Waals surface area contributed by atoms with Crippen molar-refractivity contribution >= 4 is 21.9 Å². The fourth-order valence-electron chi connectivity index (χ4n) is 3.17. The molecular weight excluding hydrogens is 286 g/mol. The van der Waals surface area contributed by atoms with Gasteiger partial charge < -0.3 is 9.77 Å². The van der Waals surface area contributed by atoms with Crippen molar-refractivity contribution in [2.24, 2.45) is 0 Å². The van der Waals surface area contributed by atoms with E-state index in [0.717, 1.165) is 39.9 Å². The Morgan fingerprint density at radius 2 is 1.78 bits per heavy atom. The van der Waals surface area contributed by atoms with E-state index in [1.54, 1.807) is 6.20 Å². The zero-order valence-electron chi connectivity index (χ0n) is 12.9. The molecule has 0 fully saturated rings. The van der Waals surface area contributed by atoms with Crippen LogP contribution in [-0.2, 0) is 13.0 Å². The van der Waals surface area contributed by atoms with Gasteiger partial charge in [-0.05, 0) is 25.0 Å². The third-order valence-electron chi connectivity index (χ3n) is 4.29. The van der Waals surface area contributed by atoms with Crippen molar-refractivity contribution in [3.8, 4) is 0 Å². The number of fused-ring (bicyclic) bond motifs is 3. The molecule has 0 aliphatic heterocycles. The van der Waals surface area contributed by atoms with Crippen molar-refractivity contribution in [3.05, 3.63) is 77.4 Å². The van der Waals surface area contributed by atoms with Gasteiger partial charge in [0.1, 0.15) is 5.82 Å². The number of para-hydroxylation sites is 1. The number of benzene rings is 2. The molecule has 0 atom stereocenters. The maximum absolute atomic E-state index is 12.2. The van der Waals surface area contributed by atoms with Crippen LogP contribution in [0.1, 0.15) is 11.4 Å². The Morgan fingerprint density at radius 1 is 1.04 bits per heavy atom. The van der Waals surface area contributed by atoms with Crippen LogP contribution in [0, 0.1) is 12.1 Å². The molecule has 4 heteroatoms. The predicted octanol–water partition coefficient (Wildman–Crippen LogP) is 3.37. The number of imidazole rings is 1. The van der Waals surface area contributed by atoms with Gasteiger partial charge in [-0.25, -0.2) is 4.98 Å². The first-order chi connectivity index (χ1) is 11.2. The maximum Gasteiger partial charge on any atom is 0.226 e. The van der Waals surface area contributed by atoms with E-state index in [2.05, 4.69) is 33.8 Å². The van der Waals surface area contributed by atoms with E-state index in [1.165, 1.54) is 5.56 Å². The Morgan fingerprint density at radius 3 is 2.61 bits per heavy atom. The lowest BCUT2D eigenvalue weighted by Gasteiger charge is -2.09. The Kier molecular flexibility index (Phi) is 3.23. The Hall–Kier alpha value is -2.88. The topological polar surface area (TPSA) is 44.8 Å². The summed E-state index contributed by atoms with van der Waals surface area (Å²) < 4.78 is 3.12. The summed E-state index contributed by atoms with van der Waals surface area (Å²) in [5.74, 6) is 0.937. The first kappa shape index (κ1) is 13.8. The summed E-state index contributed by atoms with van der Waals surface area (Å²) in [4.78, 5) is 4.58. The van der Waals surface area contributed by atoms with Crippen LogP contribution in [-0.4, -0.2) is 9.55 Å². The van der Waals surface area contributed by atoms with Gasteiger partial charge in [0.15, 0.2) is 5.52 Å². The summed E-state index contributed by atoms with van der Waals surface area (Å²) in [6, 6.07) is 18.1. The first-order valence-electron chi connectivity index (χ1n) is 7.76. The van der Waals surface area contributed by atoms with E-state index < -0.39 is 0 Å². The molecule has 4 rings (SSSR count). The minimum Gasteiger partial charge on any atom is -0.618 e. The second kappa shape index (κ2) is 5.39. The summed E-state index contributed by atoms with van der Waals surface area (Å²) in [6.45, 7) is 2.84. The van der Waals surface area contributed by atoms with Crippen LogP contribution in [0.5, 0.6) is 0 Å². The zero-order chi connectivity index (χ0) is 15.8. The van der Waals surface area contributed by atoms with E-state index in [-0.39, 0.29) is 0 Å². The average molecular weight is 303 g/mol. The SMILES string of the molecule is Cc1nc2c[n+]([O-])c3ccccc3c2n1CCc1ccccc1. The summed E-state index contributed by atoms with van der Waals surface area (Å²) in [7, 11) is 0. The number of aryl methyl sites for hydroxylation is 3. The van der Waals surface area contributed by atoms with Gasteiger partial charge in [0.05, 0.1) is 10.9 Å². The number of hydrogen-bond donors (Lipinski definition) is 0. The summed E-state index contributed by atoms with van der Waals surface area (Å²) in [5.41, 5.74) is 3.78. The Bertz CT molecular complexity index is 990. The Balaban J connectivity index is 1.86. The van der Waals surface area contributed by atoms with Crippen molar-refractivity contribution < 1.29 is 4.73 Å². The lowest BCUT2D eigenvalue weighted by Crippen LogP contribution is -2.26. The lowest BCUT2D eigenvalue weighted by molar-refractivity contribution is -0.575. The number of hydrogen-bond acceptors (Lipinski definition) is 2. The van der Waals surface area contributed by atoms with Crippen LogP contribution in [0.3, 0.4) is 0 Å². The van der Waals surface area contributed by atoms with Crippen LogP contribution in [0.15, 0.2) is 60.8 Å². The largest absolute Gasteiger partial charge is 0.618 e. The van der Waals surface area contributed by atoms with Crippen LogP contribution >= 0.6 is 0 Å². The molecule has 0 amide bonds. The van der Waals surface area contributed by atoms with E-state index in [4.69, 9.17) is 0 Å². The zero-order valence-corrected chi connectivity index (χ0v) is 12.9. The molecule has 0 N–H and O–H groups in total. The summed E-state index contributed by atoms with van der Waals surface area (Å²) in [6.07, 6.45) is 2.51. The lowest BCUT2D eigenvalue weighted by atomic mass is 10.1. The molecular formula is C19H17N3O. The van der Waals surface area contributed by atoms with E-state index in [9.17, 15) is 5.21 Å². The molecule has 2 aromatic heterocycles. The highest BCUT2D eigenvalue weighted by molar-refractivity contribution is 6.00. The number of pyridine rings is 1. The van der Waals surface area contributed by atoms with Crippen LogP contribution < -0.4 is 4.73 Å². The molecule has 23 heavy (non-hydrogen) atoms. The minimum atomic E-state index is 0.681. The Labute approximate surface area is 134 Å². The van der Waals surface area contributed by atoms with Gasteiger partial charge in [-0.1, -0.05) is 42.5 Å². The minimum absolute atomic E-state index is 0.681. The summed E-state index contributed by atoms with van der Waals surface area (Å²) in [5, 5.41) is 13.1. The molecule has 114 valence electrons. The second-order valence-electron chi connectivity index (χ2n) is 5.75. The third kappa shape index (κ3) is 2.32.